The molecule has 4 heteroatoms. The van der Waals surface area contributed by atoms with Crippen molar-refractivity contribution in [1.82, 2.24) is 9.78 Å². The van der Waals surface area contributed by atoms with E-state index in [0.717, 1.165) is 17.1 Å². The van der Waals surface area contributed by atoms with Crippen molar-refractivity contribution < 1.29 is 0 Å². The Morgan fingerprint density at radius 1 is 1.12 bits per heavy atom. The number of thioether (sulfide) groups is 1. The van der Waals surface area contributed by atoms with Crippen LogP contribution in [0.4, 0.5) is 0 Å². The molecule has 3 rings (SSSR count). The van der Waals surface area contributed by atoms with Gasteiger partial charge in [-0.1, -0.05) is 25.7 Å². The molecule has 0 saturated heterocycles. The molecule has 1 aromatic heterocycles. The van der Waals surface area contributed by atoms with Crippen LogP contribution in [0, 0.1) is 0 Å². The van der Waals surface area contributed by atoms with Gasteiger partial charge in [-0.2, -0.15) is 11.8 Å². The van der Waals surface area contributed by atoms with Gasteiger partial charge in [-0.25, -0.2) is 4.68 Å². The number of hydrogen-bond donors (Lipinski definition) is 1. The lowest BCUT2D eigenvalue weighted by Gasteiger charge is -2.14. The second-order valence-electron chi connectivity index (χ2n) is 4.88. The molecular weight excluding hydrogens is 220 g/mol. The zero-order valence-corrected chi connectivity index (χ0v) is 10.3. The number of aromatic amines is 1. The Morgan fingerprint density at radius 3 is 2.56 bits per heavy atom. The van der Waals surface area contributed by atoms with E-state index >= 15 is 0 Å². The molecule has 1 N–H and O–H groups in total. The molecule has 0 bridgehead atoms. The third-order valence-corrected chi connectivity index (χ3v) is 4.76. The van der Waals surface area contributed by atoms with Gasteiger partial charge in [-0.05, 0) is 12.8 Å². The summed E-state index contributed by atoms with van der Waals surface area (Å²) in [5.74, 6) is 1.90. The standard InChI is InChI=1S/C12H18N2OS/c15-12-10-7-16-8-11(10)13-14(12)9-5-3-1-2-4-6-9/h9,13H,1-8H2. The van der Waals surface area contributed by atoms with E-state index < -0.39 is 0 Å². The van der Waals surface area contributed by atoms with E-state index in [1.54, 1.807) is 0 Å². The first-order valence-electron chi connectivity index (χ1n) is 6.26. The topological polar surface area (TPSA) is 37.8 Å². The fraction of sp³-hybridized carbons (Fsp3) is 0.750. The lowest BCUT2D eigenvalue weighted by atomic mass is 10.1. The molecule has 0 aromatic carbocycles. The normalized spacial score (nSPS) is 22.0. The number of hydrogen-bond acceptors (Lipinski definition) is 2. The summed E-state index contributed by atoms with van der Waals surface area (Å²) in [5, 5.41) is 3.34. The third kappa shape index (κ3) is 1.73. The van der Waals surface area contributed by atoms with Gasteiger partial charge in [0, 0.05) is 11.5 Å². The monoisotopic (exact) mass is 238 g/mol. The van der Waals surface area contributed by atoms with E-state index in [1.165, 1.54) is 44.2 Å². The van der Waals surface area contributed by atoms with E-state index in [4.69, 9.17) is 0 Å². The zero-order valence-electron chi connectivity index (χ0n) is 9.50. The third-order valence-electron chi connectivity index (χ3n) is 3.78. The maximum absolute atomic E-state index is 12.2. The van der Waals surface area contributed by atoms with Crippen LogP contribution in [-0.4, -0.2) is 9.78 Å². The van der Waals surface area contributed by atoms with Crippen LogP contribution in [0.15, 0.2) is 4.79 Å². The first-order valence-corrected chi connectivity index (χ1v) is 7.42. The number of aromatic nitrogens is 2. The molecule has 3 nitrogen and oxygen atoms in total. The highest BCUT2D eigenvalue weighted by Gasteiger charge is 2.23. The molecule has 1 aliphatic carbocycles. The highest BCUT2D eigenvalue weighted by atomic mass is 32.2. The summed E-state index contributed by atoms with van der Waals surface area (Å²) < 4.78 is 1.93. The molecule has 0 unspecified atom stereocenters. The van der Waals surface area contributed by atoms with Crippen LogP contribution in [0.25, 0.3) is 0 Å². The minimum atomic E-state index is 0.256. The summed E-state index contributed by atoms with van der Waals surface area (Å²) in [6, 6.07) is 0.436. The van der Waals surface area contributed by atoms with Crippen LogP contribution >= 0.6 is 11.8 Å². The van der Waals surface area contributed by atoms with Crippen LogP contribution in [0.5, 0.6) is 0 Å². The van der Waals surface area contributed by atoms with Crippen molar-refractivity contribution in [3.63, 3.8) is 0 Å². The second kappa shape index (κ2) is 4.32. The van der Waals surface area contributed by atoms with Crippen LogP contribution in [0.3, 0.4) is 0 Å². The van der Waals surface area contributed by atoms with E-state index in [1.807, 2.05) is 16.4 Å². The molecule has 1 fully saturated rings. The van der Waals surface area contributed by atoms with Gasteiger partial charge >= 0.3 is 0 Å². The van der Waals surface area contributed by atoms with Crippen molar-refractivity contribution >= 4 is 11.8 Å². The smallest absolute Gasteiger partial charge is 0.271 e. The van der Waals surface area contributed by atoms with Gasteiger partial charge in [0.05, 0.1) is 17.3 Å². The number of nitrogens with one attached hydrogen (secondary N) is 1. The number of fused-ring (bicyclic) bond motifs is 1. The molecule has 0 atom stereocenters. The molecule has 16 heavy (non-hydrogen) atoms. The highest BCUT2D eigenvalue weighted by Crippen LogP contribution is 2.29. The maximum atomic E-state index is 12.2. The molecule has 1 aromatic rings. The molecule has 0 radical (unpaired) electrons. The fourth-order valence-corrected chi connectivity index (χ4v) is 3.88. The zero-order chi connectivity index (χ0) is 11.0. The Labute approximate surface area is 99.6 Å². The van der Waals surface area contributed by atoms with Gasteiger partial charge in [-0.15, -0.1) is 0 Å². The Hall–Kier alpha value is -0.640. The van der Waals surface area contributed by atoms with Gasteiger partial charge in [0.25, 0.3) is 5.56 Å². The lowest BCUT2D eigenvalue weighted by Crippen LogP contribution is -2.23. The van der Waals surface area contributed by atoms with E-state index in [9.17, 15) is 4.79 Å². The summed E-state index contributed by atoms with van der Waals surface area (Å²) >= 11 is 1.84. The summed E-state index contributed by atoms with van der Waals surface area (Å²) in [6.45, 7) is 0. The van der Waals surface area contributed by atoms with Crippen LogP contribution in [0.1, 0.15) is 55.8 Å². The quantitative estimate of drug-likeness (QED) is 0.764. The molecule has 0 amide bonds. The Kier molecular flexibility index (Phi) is 2.84. The number of rotatable bonds is 1. The molecule has 1 aliphatic heterocycles. The van der Waals surface area contributed by atoms with Crippen LogP contribution in [0.2, 0.25) is 0 Å². The first-order chi connectivity index (χ1) is 7.86. The Bertz CT molecular complexity index is 427. The van der Waals surface area contributed by atoms with Crippen molar-refractivity contribution in [3.8, 4) is 0 Å². The first kappa shape index (κ1) is 10.5. The Balaban J connectivity index is 1.91. The average molecular weight is 238 g/mol. The number of H-pyrrole nitrogens is 1. The predicted molar refractivity (Wildman–Crippen MR) is 66.8 cm³/mol. The van der Waals surface area contributed by atoms with Gasteiger partial charge in [0.15, 0.2) is 0 Å². The highest BCUT2D eigenvalue weighted by molar-refractivity contribution is 7.98. The van der Waals surface area contributed by atoms with Crippen LogP contribution < -0.4 is 5.56 Å². The van der Waals surface area contributed by atoms with Crippen molar-refractivity contribution in [2.45, 2.75) is 56.1 Å². The summed E-state index contributed by atoms with van der Waals surface area (Å²) in [5.41, 5.74) is 2.47. The summed E-state index contributed by atoms with van der Waals surface area (Å²) in [6.07, 6.45) is 7.56. The maximum Gasteiger partial charge on any atom is 0.271 e. The van der Waals surface area contributed by atoms with Gasteiger partial charge in [0.1, 0.15) is 0 Å². The van der Waals surface area contributed by atoms with Crippen molar-refractivity contribution in [2.24, 2.45) is 0 Å². The molecule has 2 heterocycles. The fourth-order valence-electron chi connectivity index (χ4n) is 2.83. The molecule has 2 aliphatic rings. The van der Waals surface area contributed by atoms with Gasteiger partial charge in [-0.3, -0.25) is 9.89 Å². The van der Waals surface area contributed by atoms with Gasteiger partial charge < -0.3 is 0 Å². The predicted octanol–water partition coefficient (Wildman–Crippen LogP) is 2.82. The minimum Gasteiger partial charge on any atom is -0.298 e. The minimum absolute atomic E-state index is 0.256. The van der Waals surface area contributed by atoms with Crippen molar-refractivity contribution in [2.75, 3.05) is 0 Å². The number of nitrogens with zero attached hydrogens (tertiary/aromatic N) is 1. The van der Waals surface area contributed by atoms with E-state index in [2.05, 4.69) is 5.10 Å². The molecule has 1 saturated carbocycles. The van der Waals surface area contributed by atoms with Crippen molar-refractivity contribution in [1.29, 1.82) is 0 Å². The summed E-state index contributed by atoms with van der Waals surface area (Å²) in [4.78, 5) is 12.2. The molecule has 88 valence electrons. The molecular formula is C12H18N2OS. The largest absolute Gasteiger partial charge is 0.298 e. The molecule has 0 spiro atoms. The summed E-state index contributed by atoms with van der Waals surface area (Å²) in [7, 11) is 0. The second-order valence-corrected chi connectivity index (χ2v) is 5.87. The SMILES string of the molecule is O=c1c2c([nH]n1C1CCCCCC1)CSC2. The average Bonchev–Trinajstić information content (AvgIpc) is 2.74. The lowest BCUT2D eigenvalue weighted by molar-refractivity contribution is 0.394. The Morgan fingerprint density at radius 2 is 1.88 bits per heavy atom. The van der Waals surface area contributed by atoms with E-state index in [0.29, 0.717) is 6.04 Å². The van der Waals surface area contributed by atoms with Crippen LogP contribution in [-0.2, 0) is 11.5 Å². The van der Waals surface area contributed by atoms with E-state index in [-0.39, 0.29) is 5.56 Å². The van der Waals surface area contributed by atoms with Crippen molar-refractivity contribution in [3.05, 3.63) is 21.6 Å². The van der Waals surface area contributed by atoms with Gasteiger partial charge in [0.2, 0.25) is 0 Å².